The Morgan fingerprint density at radius 1 is 1.20 bits per heavy atom. The number of hydrogen-bond donors (Lipinski definition) is 1. The maximum absolute atomic E-state index is 6.19. The summed E-state index contributed by atoms with van der Waals surface area (Å²) in [5.41, 5.74) is 14.1. The molecular weight excluding hydrogens is 306 g/mol. The van der Waals surface area contributed by atoms with Gasteiger partial charge < -0.3 is 10.3 Å². The van der Waals surface area contributed by atoms with Crippen molar-refractivity contribution in [2.24, 2.45) is 5.73 Å². The van der Waals surface area contributed by atoms with E-state index in [-0.39, 0.29) is 0 Å². The Morgan fingerprint density at radius 3 is 2.72 bits per heavy atom. The van der Waals surface area contributed by atoms with Gasteiger partial charge in [-0.2, -0.15) is 0 Å². The molecule has 2 atom stereocenters. The van der Waals surface area contributed by atoms with E-state index in [2.05, 4.69) is 59.9 Å². The molecule has 3 heteroatoms. The fraction of sp³-hybridized carbons (Fsp3) is 0.409. The van der Waals surface area contributed by atoms with Gasteiger partial charge in [0.2, 0.25) is 0 Å². The molecule has 1 aliphatic heterocycles. The third-order valence-corrected chi connectivity index (χ3v) is 5.83. The predicted octanol–water partition coefficient (Wildman–Crippen LogP) is 4.79. The molecule has 2 N–H and O–H groups in total. The summed E-state index contributed by atoms with van der Waals surface area (Å²) >= 11 is 0. The molecule has 2 aromatic heterocycles. The first-order chi connectivity index (χ1) is 12.1. The van der Waals surface area contributed by atoms with Crippen LogP contribution in [-0.4, -0.2) is 9.55 Å². The van der Waals surface area contributed by atoms with Crippen molar-refractivity contribution < 1.29 is 0 Å². The van der Waals surface area contributed by atoms with Gasteiger partial charge in [-0.05, 0) is 61.9 Å². The van der Waals surface area contributed by atoms with Crippen LogP contribution in [0.2, 0.25) is 0 Å². The van der Waals surface area contributed by atoms with Gasteiger partial charge in [-0.15, -0.1) is 0 Å². The SMILES string of the molecule is CCC1CC(c2ccc(C)nc2)Cn2c1c(CN)c1cc(C)ccc12. The molecule has 0 fully saturated rings. The van der Waals surface area contributed by atoms with Gasteiger partial charge in [0, 0.05) is 47.5 Å². The van der Waals surface area contributed by atoms with Crippen molar-refractivity contribution in [3.8, 4) is 0 Å². The predicted molar refractivity (Wildman–Crippen MR) is 104 cm³/mol. The van der Waals surface area contributed by atoms with E-state index in [1.807, 2.05) is 6.92 Å². The Hall–Kier alpha value is -2.13. The second-order valence-corrected chi connectivity index (χ2v) is 7.47. The Bertz CT molecular complexity index is 905. The summed E-state index contributed by atoms with van der Waals surface area (Å²) in [7, 11) is 0. The Labute approximate surface area is 149 Å². The van der Waals surface area contributed by atoms with Crippen LogP contribution in [0.15, 0.2) is 36.5 Å². The van der Waals surface area contributed by atoms with Crippen LogP contribution in [0, 0.1) is 13.8 Å². The van der Waals surface area contributed by atoms with Gasteiger partial charge in [-0.3, -0.25) is 4.98 Å². The van der Waals surface area contributed by atoms with Crippen LogP contribution < -0.4 is 5.73 Å². The molecule has 25 heavy (non-hydrogen) atoms. The number of rotatable bonds is 3. The monoisotopic (exact) mass is 333 g/mol. The molecule has 0 aliphatic carbocycles. The van der Waals surface area contributed by atoms with Crippen molar-refractivity contribution in [3.63, 3.8) is 0 Å². The zero-order valence-corrected chi connectivity index (χ0v) is 15.4. The van der Waals surface area contributed by atoms with Crippen LogP contribution in [-0.2, 0) is 13.1 Å². The summed E-state index contributed by atoms with van der Waals surface area (Å²) in [4.78, 5) is 4.53. The summed E-state index contributed by atoms with van der Waals surface area (Å²) in [6, 6.07) is 11.2. The van der Waals surface area contributed by atoms with Crippen molar-refractivity contribution in [2.45, 2.75) is 58.5 Å². The van der Waals surface area contributed by atoms with Gasteiger partial charge in [-0.1, -0.05) is 24.6 Å². The fourth-order valence-electron chi connectivity index (χ4n) is 4.51. The van der Waals surface area contributed by atoms with Crippen LogP contribution in [0.1, 0.15) is 59.7 Å². The molecule has 2 unspecified atom stereocenters. The van der Waals surface area contributed by atoms with Crippen molar-refractivity contribution in [2.75, 3.05) is 0 Å². The highest BCUT2D eigenvalue weighted by atomic mass is 15.0. The van der Waals surface area contributed by atoms with Crippen LogP contribution in [0.4, 0.5) is 0 Å². The first-order valence-electron chi connectivity index (χ1n) is 9.36. The number of nitrogens with two attached hydrogens (primary N) is 1. The third-order valence-electron chi connectivity index (χ3n) is 5.83. The van der Waals surface area contributed by atoms with Gasteiger partial charge in [0.05, 0.1) is 0 Å². The number of aromatic nitrogens is 2. The third kappa shape index (κ3) is 2.67. The minimum absolute atomic E-state index is 0.521. The average molecular weight is 333 g/mol. The highest BCUT2D eigenvalue weighted by Crippen LogP contribution is 2.43. The van der Waals surface area contributed by atoms with Crippen molar-refractivity contribution in [1.29, 1.82) is 0 Å². The molecule has 0 saturated heterocycles. The molecule has 130 valence electrons. The van der Waals surface area contributed by atoms with E-state index in [9.17, 15) is 0 Å². The number of benzene rings is 1. The lowest BCUT2D eigenvalue weighted by Gasteiger charge is -2.32. The van der Waals surface area contributed by atoms with E-state index in [1.54, 1.807) is 0 Å². The molecular formula is C22H27N3. The van der Waals surface area contributed by atoms with Crippen molar-refractivity contribution >= 4 is 10.9 Å². The first-order valence-corrected chi connectivity index (χ1v) is 9.36. The molecule has 3 aromatic rings. The van der Waals surface area contributed by atoms with Crippen molar-refractivity contribution in [3.05, 3.63) is 64.6 Å². The summed E-state index contributed by atoms with van der Waals surface area (Å²) < 4.78 is 2.54. The lowest BCUT2D eigenvalue weighted by molar-refractivity contribution is 0.398. The average Bonchev–Trinajstić information content (AvgIpc) is 2.94. The maximum atomic E-state index is 6.19. The van der Waals surface area contributed by atoms with Crippen molar-refractivity contribution in [1.82, 2.24) is 9.55 Å². The standard InChI is InChI=1S/C22H27N3/c1-4-16-10-18(17-7-6-15(3)24-12-17)13-25-21-8-5-14(2)9-19(21)20(11-23)22(16)25/h5-9,12,16,18H,4,10-11,13,23H2,1-3H3. The topological polar surface area (TPSA) is 43.8 Å². The zero-order valence-electron chi connectivity index (χ0n) is 15.4. The Morgan fingerprint density at radius 2 is 2.04 bits per heavy atom. The molecule has 0 saturated carbocycles. The van der Waals surface area contributed by atoms with Gasteiger partial charge in [0.15, 0.2) is 0 Å². The van der Waals surface area contributed by atoms with E-state index >= 15 is 0 Å². The van der Waals surface area contributed by atoms with Crippen LogP contribution >= 0.6 is 0 Å². The van der Waals surface area contributed by atoms with Crippen LogP contribution in [0.25, 0.3) is 10.9 Å². The van der Waals surface area contributed by atoms with Crippen LogP contribution in [0.3, 0.4) is 0 Å². The minimum atomic E-state index is 0.521. The smallest absolute Gasteiger partial charge is 0.0486 e. The van der Waals surface area contributed by atoms with E-state index in [0.29, 0.717) is 18.4 Å². The number of aryl methyl sites for hydroxylation is 2. The highest BCUT2D eigenvalue weighted by molar-refractivity contribution is 5.86. The van der Waals surface area contributed by atoms with Gasteiger partial charge in [-0.25, -0.2) is 0 Å². The van der Waals surface area contributed by atoms with Gasteiger partial charge in [0.1, 0.15) is 0 Å². The summed E-state index contributed by atoms with van der Waals surface area (Å²) in [5.74, 6) is 1.08. The summed E-state index contributed by atoms with van der Waals surface area (Å²) in [5, 5.41) is 1.35. The normalized spacial score (nSPS) is 20.0. The first kappa shape index (κ1) is 16.3. The fourth-order valence-corrected chi connectivity index (χ4v) is 4.51. The molecule has 1 aromatic carbocycles. The van der Waals surface area contributed by atoms with E-state index in [1.165, 1.54) is 39.7 Å². The molecule has 1 aliphatic rings. The van der Waals surface area contributed by atoms with E-state index in [0.717, 1.165) is 18.7 Å². The number of hydrogen-bond acceptors (Lipinski definition) is 2. The summed E-state index contributed by atoms with van der Waals surface area (Å²) in [6.45, 7) is 8.15. The molecule has 0 spiro atoms. The second kappa shape index (κ2) is 6.30. The lowest BCUT2D eigenvalue weighted by Crippen LogP contribution is -2.23. The minimum Gasteiger partial charge on any atom is -0.343 e. The largest absolute Gasteiger partial charge is 0.343 e. The highest BCUT2D eigenvalue weighted by Gasteiger charge is 2.31. The molecule has 4 rings (SSSR count). The second-order valence-electron chi connectivity index (χ2n) is 7.47. The maximum Gasteiger partial charge on any atom is 0.0486 e. The Balaban J connectivity index is 1.87. The van der Waals surface area contributed by atoms with Gasteiger partial charge in [0.25, 0.3) is 0 Å². The molecule has 0 bridgehead atoms. The number of fused-ring (bicyclic) bond motifs is 3. The van der Waals surface area contributed by atoms with E-state index in [4.69, 9.17) is 5.73 Å². The van der Waals surface area contributed by atoms with Gasteiger partial charge >= 0.3 is 0 Å². The molecule has 3 heterocycles. The number of nitrogens with zero attached hydrogens (tertiary/aromatic N) is 2. The summed E-state index contributed by atoms with van der Waals surface area (Å²) in [6.07, 6.45) is 4.40. The lowest BCUT2D eigenvalue weighted by atomic mass is 9.82. The van der Waals surface area contributed by atoms with Crippen LogP contribution in [0.5, 0.6) is 0 Å². The number of pyridine rings is 1. The Kier molecular flexibility index (Phi) is 4.12. The molecule has 3 nitrogen and oxygen atoms in total. The zero-order chi connectivity index (χ0) is 17.6. The quantitative estimate of drug-likeness (QED) is 0.748. The molecule has 0 radical (unpaired) electrons. The molecule has 0 amide bonds. The van der Waals surface area contributed by atoms with E-state index < -0.39 is 0 Å².